The van der Waals surface area contributed by atoms with Gasteiger partial charge in [0, 0.05) is 30.3 Å². The van der Waals surface area contributed by atoms with Crippen LogP contribution in [0.3, 0.4) is 0 Å². The molecule has 3 aromatic carbocycles. The van der Waals surface area contributed by atoms with Crippen molar-refractivity contribution in [3.8, 4) is 0 Å². The van der Waals surface area contributed by atoms with Gasteiger partial charge < -0.3 is 0 Å². The van der Waals surface area contributed by atoms with Gasteiger partial charge in [-0.2, -0.15) is 0 Å². The second kappa shape index (κ2) is 5.01. The first kappa shape index (κ1) is 14.8. The Morgan fingerprint density at radius 3 is 2.37 bits per heavy atom. The minimum Gasteiger partial charge on any atom is -0.144 e. The van der Waals surface area contributed by atoms with Crippen LogP contribution in [0.2, 0.25) is 0 Å². The topological polar surface area (TPSA) is 0 Å². The number of aryl methyl sites for hydroxylation is 2. The van der Waals surface area contributed by atoms with Crippen molar-refractivity contribution in [1.82, 2.24) is 0 Å². The monoisotopic (exact) mass is 382 g/mol. The molecule has 2 heterocycles. The molecule has 0 saturated heterocycles. The van der Waals surface area contributed by atoms with E-state index in [1.54, 1.807) is 22.3 Å². The van der Waals surface area contributed by atoms with E-state index in [-0.39, 0.29) is 5.41 Å². The quantitative estimate of drug-likeness (QED) is 0.261. The number of benzene rings is 3. The van der Waals surface area contributed by atoms with Crippen LogP contribution in [0, 0.1) is 0 Å². The Bertz CT molecular complexity index is 1380. The van der Waals surface area contributed by atoms with Gasteiger partial charge in [-0.3, -0.25) is 0 Å². The van der Waals surface area contributed by atoms with Crippen LogP contribution in [0.15, 0.2) is 60.0 Å². The van der Waals surface area contributed by atoms with E-state index in [9.17, 15) is 0 Å². The van der Waals surface area contributed by atoms with Gasteiger partial charge in [0.2, 0.25) is 0 Å². The Hall–Kier alpha value is -2.16. The molecule has 130 valence electrons. The molecule has 0 nitrogen and oxygen atoms in total. The summed E-state index contributed by atoms with van der Waals surface area (Å²) >= 11 is 3.82. The highest BCUT2D eigenvalue weighted by atomic mass is 32.1. The molecule has 27 heavy (non-hydrogen) atoms. The van der Waals surface area contributed by atoms with Crippen LogP contribution in [0.25, 0.3) is 30.3 Å². The average Bonchev–Trinajstić information content (AvgIpc) is 3.45. The molecule has 7 rings (SSSR count). The standard InChI is InChI=1S/C25H18S2/c1-2-4-22-18(3-1)19-14-21-16(13-24(19)27-22)6-9-25(21)8-5-15-12-23-17(7-10-26-23)11-20(15)25/h1-4,7,10-14H,5-6,8-9H2. The zero-order chi connectivity index (χ0) is 17.6. The predicted molar refractivity (Wildman–Crippen MR) is 119 cm³/mol. The summed E-state index contributed by atoms with van der Waals surface area (Å²) in [5, 5.41) is 6.54. The minimum absolute atomic E-state index is 0.248. The average molecular weight is 383 g/mol. The van der Waals surface area contributed by atoms with Gasteiger partial charge in [0.05, 0.1) is 0 Å². The molecule has 2 heteroatoms. The second-order valence-electron chi connectivity index (χ2n) is 8.15. The Kier molecular flexibility index (Phi) is 2.75. The molecule has 0 aliphatic heterocycles. The van der Waals surface area contributed by atoms with Gasteiger partial charge in [0.15, 0.2) is 0 Å². The predicted octanol–water partition coefficient (Wildman–Crippen LogP) is 7.45. The molecule has 0 saturated carbocycles. The molecular weight excluding hydrogens is 364 g/mol. The lowest BCUT2D eigenvalue weighted by atomic mass is 9.76. The van der Waals surface area contributed by atoms with E-state index < -0.39 is 0 Å². The number of fused-ring (bicyclic) bond motifs is 8. The number of hydrogen-bond acceptors (Lipinski definition) is 2. The molecule has 1 spiro atoms. The summed E-state index contributed by atoms with van der Waals surface area (Å²) in [5.41, 5.74) is 6.66. The summed E-state index contributed by atoms with van der Waals surface area (Å²) in [6.07, 6.45) is 5.01. The summed E-state index contributed by atoms with van der Waals surface area (Å²) < 4.78 is 4.32. The largest absolute Gasteiger partial charge is 0.144 e. The molecule has 2 aliphatic carbocycles. The molecular formula is C25H18S2. The summed E-state index contributed by atoms with van der Waals surface area (Å²) in [4.78, 5) is 0. The lowest BCUT2D eigenvalue weighted by Gasteiger charge is -2.27. The van der Waals surface area contributed by atoms with E-state index in [1.807, 2.05) is 22.7 Å². The van der Waals surface area contributed by atoms with E-state index in [0.717, 1.165) is 0 Å². The molecule has 0 N–H and O–H groups in total. The first-order valence-electron chi connectivity index (χ1n) is 9.77. The Morgan fingerprint density at radius 1 is 0.704 bits per heavy atom. The molecule has 0 radical (unpaired) electrons. The van der Waals surface area contributed by atoms with Crippen molar-refractivity contribution >= 4 is 52.9 Å². The van der Waals surface area contributed by atoms with Crippen LogP contribution in [0.4, 0.5) is 0 Å². The SMILES string of the molecule is c1ccc2c(c1)sc1cc3c(cc12)C1(CCc2cc4sccc4cc21)CC3. The van der Waals surface area contributed by atoms with Crippen molar-refractivity contribution < 1.29 is 0 Å². The maximum Gasteiger partial charge on any atom is 0.0358 e. The molecule has 0 amide bonds. The number of thiophene rings is 2. The lowest BCUT2D eigenvalue weighted by molar-refractivity contribution is 0.508. The zero-order valence-corrected chi connectivity index (χ0v) is 16.6. The van der Waals surface area contributed by atoms with E-state index >= 15 is 0 Å². The van der Waals surface area contributed by atoms with Crippen LogP contribution in [0.1, 0.15) is 35.1 Å². The van der Waals surface area contributed by atoms with Gasteiger partial charge in [-0.15, -0.1) is 22.7 Å². The Morgan fingerprint density at radius 2 is 1.48 bits per heavy atom. The molecule has 0 fully saturated rings. The highest BCUT2D eigenvalue weighted by molar-refractivity contribution is 7.25. The first-order chi connectivity index (χ1) is 13.3. The molecule has 1 unspecified atom stereocenters. The molecule has 0 bridgehead atoms. The summed E-state index contributed by atoms with van der Waals surface area (Å²) in [7, 11) is 0. The third-order valence-electron chi connectivity index (χ3n) is 6.95. The third-order valence-corrected chi connectivity index (χ3v) is 8.97. The van der Waals surface area contributed by atoms with Gasteiger partial charge in [-0.1, -0.05) is 18.2 Å². The van der Waals surface area contributed by atoms with E-state index in [2.05, 4.69) is 60.0 Å². The lowest BCUT2D eigenvalue weighted by Crippen LogP contribution is -2.20. The normalized spacial score (nSPS) is 20.9. The van der Waals surface area contributed by atoms with Crippen molar-refractivity contribution in [3.63, 3.8) is 0 Å². The van der Waals surface area contributed by atoms with Crippen LogP contribution in [-0.2, 0) is 18.3 Å². The highest BCUT2D eigenvalue weighted by Crippen LogP contribution is 2.54. The van der Waals surface area contributed by atoms with Crippen molar-refractivity contribution in [1.29, 1.82) is 0 Å². The highest BCUT2D eigenvalue weighted by Gasteiger charge is 2.45. The Labute approximate surface area is 166 Å². The number of rotatable bonds is 0. The maximum atomic E-state index is 2.56. The molecule has 1 atom stereocenters. The fraction of sp³-hybridized carbons (Fsp3) is 0.200. The minimum atomic E-state index is 0.248. The molecule has 2 aromatic heterocycles. The molecule has 5 aromatic rings. The van der Waals surface area contributed by atoms with Gasteiger partial charge in [0.1, 0.15) is 0 Å². The van der Waals surface area contributed by atoms with Gasteiger partial charge in [-0.25, -0.2) is 0 Å². The smallest absolute Gasteiger partial charge is 0.0358 e. The summed E-state index contributed by atoms with van der Waals surface area (Å²) in [6.45, 7) is 0. The third kappa shape index (κ3) is 1.83. The summed E-state index contributed by atoms with van der Waals surface area (Å²) in [5.74, 6) is 0. The van der Waals surface area contributed by atoms with Gasteiger partial charge in [-0.05, 0) is 95.1 Å². The molecule has 2 aliphatic rings. The summed E-state index contributed by atoms with van der Waals surface area (Å²) in [6, 6.07) is 21.2. The van der Waals surface area contributed by atoms with E-state index in [0.29, 0.717) is 0 Å². The zero-order valence-electron chi connectivity index (χ0n) is 14.9. The van der Waals surface area contributed by atoms with Gasteiger partial charge >= 0.3 is 0 Å². The maximum absolute atomic E-state index is 2.56. The van der Waals surface area contributed by atoms with E-state index in [1.165, 1.54) is 55.9 Å². The number of hydrogen-bond donors (Lipinski definition) is 0. The van der Waals surface area contributed by atoms with Crippen molar-refractivity contribution in [2.75, 3.05) is 0 Å². The van der Waals surface area contributed by atoms with Crippen molar-refractivity contribution in [2.24, 2.45) is 0 Å². The first-order valence-corrected chi connectivity index (χ1v) is 11.5. The fourth-order valence-corrected chi connectivity index (χ4v) is 7.66. The van der Waals surface area contributed by atoms with Crippen LogP contribution < -0.4 is 0 Å². The van der Waals surface area contributed by atoms with E-state index in [4.69, 9.17) is 0 Å². The van der Waals surface area contributed by atoms with Gasteiger partial charge in [0.25, 0.3) is 0 Å². The fourth-order valence-electron chi connectivity index (χ4n) is 5.67. The van der Waals surface area contributed by atoms with Crippen molar-refractivity contribution in [2.45, 2.75) is 31.1 Å². The van der Waals surface area contributed by atoms with Crippen LogP contribution in [-0.4, -0.2) is 0 Å². The van der Waals surface area contributed by atoms with Crippen molar-refractivity contribution in [3.05, 3.63) is 82.2 Å². The second-order valence-corrected chi connectivity index (χ2v) is 10.2. The Balaban J connectivity index is 1.53. The van der Waals surface area contributed by atoms with Crippen LogP contribution in [0.5, 0.6) is 0 Å². The van der Waals surface area contributed by atoms with Crippen LogP contribution >= 0.6 is 22.7 Å².